The highest BCUT2D eigenvalue weighted by Gasteiger charge is 2.25. The lowest BCUT2D eigenvalue weighted by atomic mass is 10.1. The lowest BCUT2D eigenvalue weighted by Gasteiger charge is -2.33. The van der Waals surface area contributed by atoms with Gasteiger partial charge in [0.25, 0.3) is 0 Å². The van der Waals surface area contributed by atoms with Gasteiger partial charge in [-0.05, 0) is 26.3 Å². The van der Waals surface area contributed by atoms with Crippen LogP contribution in [-0.2, 0) is 4.79 Å². The van der Waals surface area contributed by atoms with Gasteiger partial charge in [0.05, 0.1) is 18.7 Å². The molecule has 2 N–H and O–H groups in total. The minimum Gasteiger partial charge on any atom is -0.392 e. The van der Waals surface area contributed by atoms with E-state index in [0.717, 1.165) is 19.4 Å². The van der Waals surface area contributed by atoms with Crippen molar-refractivity contribution < 1.29 is 9.90 Å². The monoisotopic (exact) mass is 210 g/mol. The average molecular weight is 210 g/mol. The molecule has 0 aliphatic carbocycles. The molecule has 15 heavy (non-hydrogen) atoms. The van der Waals surface area contributed by atoms with Gasteiger partial charge in [-0.25, -0.2) is 0 Å². The fraction of sp³-hybridized carbons (Fsp3) is 0.727. The number of β-amino-alcohol motifs (C(OH)–C–C–N with tert-alkyl or cyclic N) is 1. The maximum absolute atomic E-state index is 11.6. The van der Waals surface area contributed by atoms with Crippen molar-refractivity contribution in [1.82, 2.24) is 10.2 Å². The summed E-state index contributed by atoms with van der Waals surface area (Å²) in [5, 5.41) is 12.1. The molecule has 1 aliphatic rings. The average Bonchev–Trinajstić information content (AvgIpc) is 2.24. The number of hydrogen-bond donors (Lipinski definition) is 2. The van der Waals surface area contributed by atoms with Crippen molar-refractivity contribution in [2.24, 2.45) is 0 Å². The summed E-state index contributed by atoms with van der Waals surface area (Å²) < 4.78 is 0. The summed E-state index contributed by atoms with van der Waals surface area (Å²) in [5.74, 6) is 2.30. The van der Waals surface area contributed by atoms with Crippen LogP contribution in [0.5, 0.6) is 0 Å². The number of nitrogens with zero attached hydrogens (tertiary/aromatic N) is 1. The van der Waals surface area contributed by atoms with Crippen LogP contribution in [0, 0.1) is 12.3 Å². The van der Waals surface area contributed by atoms with Crippen molar-refractivity contribution in [3.05, 3.63) is 0 Å². The number of aliphatic hydroxyl groups excluding tert-OH is 1. The quantitative estimate of drug-likeness (QED) is 0.622. The van der Waals surface area contributed by atoms with Crippen LogP contribution in [0.1, 0.15) is 19.8 Å². The van der Waals surface area contributed by atoms with Crippen LogP contribution < -0.4 is 5.32 Å². The molecule has 2 atom stereocenters. The van der Waals surface area contributed by atoms with E-state index in [4.69, 9.17) is 6.42 Å². The van der Waals surface area contributed by atoms with Gasteiger partial charge in [-0.3, -0.25) is 9.69 Å². The first kappa shape index (κ1) is 12.0. The molecule has 4 nitrogen and oxygen atoms in total. The predicted octanol–water partition coefficient (Wildman–Crippen LogP) is -0.419. The molecular weight excluding hydrogens is 192 g/mol. The maximum Gasteiger partial charge on any atom is 0.237 e. The second-order valence-corrected chi connectivity index (χ2v) is 3.89. The predicted molar refractivity (Wildman–Crippen MR) is 58.1 cm³/mol. The first-order valence-corrected chi connectivity index (χ1v) is 5.28. The fourth-order valence-corrected chi connectivity index (χ4v) is 1.79. The van der Waals surface area contributed by atoms with E-state index in [2.05, 4.69) is 11.2 Å². The van der Waals surface area contributed by atoms with Gasteiger partial charge >= 0.3 is 0 Å². The Morgan fingerprint density at radius 2 is 2.53 bits per heavy atom. The minimum atomic E-state index is -0.304. The molecule has 0 aromatic rings. The Bertz CT molecular complexity index is 260. The smallest absolute Gasteiger partial charge is 0.237 e. The lowest BCUT2D eigenvalue weighted by Crippen LogP contribution is -2.50. The summed E-state index contributed by atoms with van der Waals surface area (Å²) in [5.41, 5.74) is 0. The third-order valence-electron chi connectivity index (χ3n) is 2.72. The highest BCUT2D eigenvalue weighted by molar-refractivity contribution is 5.81. The molecule has 0 bridgehead atoms. The van der Waals surface area contributed by atoms with E-state index in [0.29, 0.717) is 6.54 Å². The molecule has 1 unspecified atom stereocenters. The molecule has 1 heterocycles. The molecule has 1 rings (SSSR count). The van der Waals surface area contributed by atoms with Gasteiger partial charge in [0.1, 0.15) is 0 Å². The molecule has 1 saturated heterocycles. The summed E-state index contributed by atoms with van der Waals surface area (Å²) in [4.78, 5) is 13.6. The van der Waals surface area contributed by atoms with E-state index in [9.17, 15) is 9.90 Å². The zero-order valence-electron chi connectivity index (χ0n) is 9.07. The van der Waals surface area contributed by atoms with Gasteiger partial charge in [0.15, 0.2) is 0 Å². The third-order valence-corrected chi connectivity index (χ3v) is 2.72. The third kappa shape index (κ3) is 3.54. The van der Waals surface area contributed by atoms with Gasteiger partial charge in [-0.2, -0.15) is 0 Å². The number of aliphatic hydroxyl groups is 1. The molecule has 0 radical (unpaired) electrons. The van der Waals surface area contributed by atoms with Gasteiger partial charge in [-0.15, -0.1) is 6.42 Å². The highest BCUT2D eigenvalue weighted by Crippen LogP contribution is 2.12. The van der Waals surface area contributed by atoms with Gasteiger partial charge in [-0.1, -0.05) is 5.92 Å². The SMILES string of the molecule is C#CCNC(=O)C(C)N1CCC[C@H](O)C1. The zero-order valence-corrected chi connectivity index (χ0v) is 9.07. The molecule has 1 aliphatic heterocycles. The van der Waals surface area contributed by atoms with Crippen molar-refractivity contribution in [2.45, 2.75) is 31.9 Å². The van der Waals surface area contributed by atoms with Crippen LogP contribution in [0.15, 0.2) is 0 Å². The highest BCUT2D eigenvalue weighted by atomic mass is 16.3. The summed E-state index contributed by atoms with van der Waals surface area (Å²) in [6.45, 7) is 3.54. The Kier molecular flexibility index (Phi) is 4.60. The molecule has 1 amide bonds. The zero-order chi connectivity index (χ0) is 11.3. The number of hydrogen-bond acceptors (Lipinski definition) is 3. The van der Waals surface area contributed by atoms with Crippen molar-refractivity contribution in [1.29, 1.82) is 0 Å². The topological polar surface area (TPSA) is 52.6 Å². The summed E-state index contributed by atoms with van der Waals surface area (Å²) in [7, 11) is 0. The summed E-state index contributed by atoms with van der Waals surface area (Å²) in [6.07, 6.45) is 6.52. The van der Waals surface area contributed by atoms with E-state index in [-0.39, 0.29) is 24.6 Å². The van der Waals surface area contributed by atoms with E-state index >= 15 is 0 Å². The molecule has 0 aromatic heterocycles. The second-order valence-electron chi connectivity index (χ2n) is 3.89. The van der Waals surface area contributed by atoms with Crippen LogP contribution in [0.2, 0.25) is 0 Å². The first-order chi connectivity index (χ1) is 7.15. The van der Waals surface area contributed by atoms with Crippen LogP contribution in [0.25, 0.3) is 0 Å². The number of amides is 1. The molecule has 84 valence electrons. The fourth-order valence-electron chi connectivity index (χ4n) is 1.79. The molecule has 4 heteroatoms. The van der Waals surface area contributed by atoms with Crippen molar-refractivity contribution in [3.8, 4) is 12.3 Å². The van der Waals surface area contributed by atoms with Crippen molar-refractivity contribution in [3.63, 3.8) is 0 Å². The first-order valence-electron chi connectivity index (χ1n) is 5.28. The number of carbonyl (C=O) groups excluding carboxylic acids is 1. The molecule has 0 spiro atoms. The summed E-state index contributed by atoms with van der Waals surface area (Å²) in [6, 6.07) is -0.215. The molecular formula is C11H18N2O2. The number of likely N-dealkylation sites (tertiary alicyclic amines) is 1. The van der Waals surface area contributed by atoms with Crippen LogP contribution in [0.4, 0.5) is 0 Å². The normalized spacial score (nSPS) is 24.2. The largest absolute Gasteiger partial charge is 0.392 e. The Morgan fingerprint density at radius 1 is 1.80 bits per heavy atom. The second kappa shape index (κ2) is 5.74. The number of terminal acetylenes is 1. The van der Waals surface area contributed by atoms with Crippen LogP contribution >= 0.6 is 0 Å². The van der Waals surface area contributed by atoms with Gasteiger partial charge in [0, 0.05) is 6.54 Å². The van der Waals surface area contributed by atoms with E-state index in [1.54, 1.807) is 0 Å². The minimum absolute atomic E-state index is 0.0675. The molecule has 0 aromatic carbocycles. The number of nitrogens with one attached hydrogen (secondary N) is 1. The Hall–Kier alpha value is -1.05. The van der Waals surface area contributed by atoms with Crippen molar-refractivity contribution >= 4 is 5.91 Å². The lowest BCUT2D eigenvalue weighted by molar-refractivity contribution is -0.126. The van der Waals surface area contributed by atoms with Gasteiger partial charge in [0.2, 0.25) is 5.91 Å². The van der Waals surface area contributed by atoms with Crippen LogP contribution in [0.3, 0.4) is 0 Å². The van der Waals surface area contributed by atoms with Crippen molar-refractivity contribution in [2.75, 3.05) is 19.6 Å². The number of piperidine rings is 1. The standard InChI is InChI=1S/C11H18N2O2/c1-3-6-12-11(15)9(2)13-7-4-5-10(14)8-13/h1,9-10,14H,4-8H2,2H3,(H,12,15)/t9?,10-/m0/s1. The Labute approximate surface area is 90.6 Å². The van der Waals surface area contributed by atoms with E-state index in [1.807, 2.05) is 11.8 Å². The molecule has 1 fully saturated rings. The Balaban J connectivity index is 2.41. The Morgan fingerprint density at radius 3 is 3.13 bits per heavy atom. The summed E-state index contributed by atoms with van der Waals surface area (Å²) >= 11 is 0. The van der Waals surface area contributed by atoms with Crippen LogP contribution in [-0.4, -0.2) is 47.7 Å². The van der Waals surface area contributed by atoms with E-state index in [1.165, 1.54) is 0 Å². The number of carbonyl (C=O) groups is 1. The maximum atomic E-state index is 11.6. The van der Waals surface area contributed by atoms with E-state index < -0.39 is 0 Å². The van der Waals surface area contributed by atoms with Gasteiger partial charge < -0.3 is 10.4 Å². The molecule has 0 saturated carbocycles. The number of rotatable bonds is 3.